The van der Waals surface area contributed by atoms with Crippen LogP contribution in [-0.2, 0) is 20.7 Å². The summed E-state index contributed by atoms with van der Waals surface area (Å²) in [5.74, 6) is -2.56. The number of unbranched alkanes of at least 4 members (excludes halogenated alkanes) is 1. The largest absolute Gasteiger partial charge is 0.467 e. The standard InChI is InChI=1S/C16H19F2NO3/c1-3-4-5-6-14(16(21)22-2)19-15(20)9-11-7-12(17)10-13(18)8-11/h3,7-8,10,14H,1,4-6,9H2,2H3,(H,19,20)/t14-/m0/s1. The quantitative estimate of drug-likeness (QED) is 0.456. The van der Waals surface area contributed by atoms with Crippen LogP contribution in [0.5, 0.6) is 0 Å². The van der Waals surface area contributed by atoms with Crippen molar-refractivity contribution in [3.05, 3.63) is 48.1 Å². The lowest BCUT2D eigenvalue weighted by molar-refractivity contribution is -0.145. The number of hydrogen-bond acceptors (Lipinski definition) is 3. The number of nitrogens with one attached hydrogen (secondary N) is 1. The second kappa shape index (κ2) is 8.92. The summed E-state index contributed by atoms with van der Waals surface area (Å²) in [5, 5.41) is 2.52. The maximum atomic E-state index is 13.1. The number of carbonyl (C=O) groups is 2. The number of esters is 1. The van der Waals surface area contributed by atoms with Crippen molar-refractivity contribution in [1.82, 2.24) is 5.32 Å². The molecule has 0 aliphatic carbocycles. The van der Waals surface area contributed by atoms with Crippen LogP contribution in [-0.4, -0.2) is 25.0 Å². The minimum atomic E-state index is -0.782. The van der Waals surface area contributed by atoms with Crippen molar-refractivity contribution in [1.29, 1.82) is 0 Å². The van der Waals surface area contributed by atoms with Gasteiger partial charge in [-0.1, -0.05) is 6.08 Å². The van der Waals surface area contributed by atoms with E-state index in [1.165, 1.54) is 7.11 Å². The van der Waals surface area contributed by atoms with Crippen LogP contribution in [0.4, 0.5) is 8.78 Å². The van der Waals surface area contributed by atoms with Crippen LogP contribution in [0.2, 0.25) is 0 Å². The van der Waals surface area contributed by atoms with E-state index in [2.05, 4.69) is 16.6 Å². The topological polar surface area (TPSA) is 55.4 Å². The summed E-state index contributed by atoms with van der Waals surface area (Å²) < 4.78 is 30.8. The fourth-order valence-electron chi connectivity index (χ4n) is 2.00. The molecule has 4 nitrogen and oxygen atoms in total. The van der Waals surface area contributed by atoms with E-state index in [9.17, 15) is 18.4 Å². The Morgan fingerprint density at radius 1 is 1.32 bits per heavy atom. The molecule has 22 heavy (non-hydrogen) atoms. The predicted octanol–water partition coefficient (Wildman–Crippen LogP) is 2.52. The van der Waals surface area contributed by atoms with Crippen LogP contribution in [0.25, 0.3) is 0 Å². The molecule has 0 radical (unpaired) electrons. The molecule has 6 heteroatoms. The van der Waals surface area contributed by atoms with E-state index in [1.54, 1.807) is 6.08 Å². The molecule has 120 valence electrons. The highest BCUT2D eigenvalue weighted by Crippen LogP contribution is 2.09. The molecule has 0 aliphatic heterocycles. The van der Waals surface area contributed by atoms with Gasteiger partial charge in [0.05, 0.1) is 13.5 Å². The lowest BCUT2D eigenvalue weighted by atomic mass is 10.1. The summed E-state index contributed by atoms with van der Waals surface area (Å²) in [4.78, 5) is 23.5. The average Bonchev–Trinajstić information content (AvgIpc) is 2.44. The van der Waals surface area contributed by atoms with E-state index in [0.29, 0.717) is 19.3 Å². The normalized spacial score (nSPS) is 11.6. The van der Waals surface area contributed by atoms with Gasteiger partial charge >= 0.3 is 5.97 Å². The Labute approximate surface area is 128 Å². The van der Waals surface area contributed by atoms with Crippen LogP contribution < -0.4 is 5.32 Å². The van der Waals surface area contributed by atoms with E-state index >= 15 is 0 Å². The Bertz CT molecular complexity index is 526. The van der Waals surface area contributed by atoms with Gasteiger partial charge in [-0.05, 0) is 37.0 Å². The Hall–Kier alpha value is -2.24. The summed E-state index contributed by atoms with van der Waals surface area (Å²) >= 11 is 0. The highest BCUT2D eigenvalue weighted by molar-refractivity contribution is 5.85. The predicted molar refractivity (Wildman–Crippen MR) is 78.1 cm³/mol. The molecule has 0 aromatic heterocycles. The number of benzene rings is 1. The van der Waals surface area contributed by atoms with Gasteiger partial charge < -0.3 is 10.1 Å². The highest BCUT2D eigenvalue weighted by atomic mass is 19.1. The number of ether oxygens (including phenoxy) is 1. The molecule has 0 spiro atoms. The molecule has 0 aliphatic rings. The minimum absolute atomic E-state index is 0.199. The minimum Gasteiger partial charge on any atom is -0.467 e. The molecular weight excluding hydrogens is 292 g/mol. The van der Waals surface area contributed by atoms with Gasteiger partial charge in [-0.3, -0.25) is 4.79 Å². The monoisotopic (exact) mass is 311 g/mol. The van der Waals surface area contributed by atoms with Crippen molar-refractivity contribution >= 4 is 11.9 Å². The number of carbonyl (C=O) groups excluding carboxylic acids is 2. The van der Waals surface area contributed by atoms with E-state index in [-0.39, 0.29) is 12.0 Å². The van der Waals surface area contributed by atoms with E-state index in [1.807, 2.05) is 0 Å². The molecule has 1 aromatic rings. The maximum Gasteiger partial charge on any atom is 0.328 e. The Kier molecular flexibility index (Phi) is 7.22. The lowest BCUT2D eigenvalue weighted by Gasteiger charge is -2.16. The number of methoxy groups -OCH3 is 1. The van der Waals surface area contributed by atoms with Crippen molar-refractivity contribution in [2.24, 2.45) is 0 Å². The number of allylic oxidation sites excluding steroid dienone is 1. The first-order valence-corrected chi connectivity index (χ1v) is 6.89. The summed E-state index contributed by atoms with van der Waals surface area (Å²) in [7, 11) is 1.23. The average molecular weight is 311 g/mol. The van der Waals surface area contributed by atoms with Gasteiger partial charge in [0, 0.05) is 6.07 Å². The highest BCUT2D eigenvalue weighted by Gasteiger charge is 2.21. The van der Waals surface area contributed by atoms with E-state index < -0.39 is 29.6 Å². The van der Waals surface area contributed by atoms with Crippen molar-refractivity contribution in [3.63, 3.8) is 0 Å². The van der Waals surface area contributed by atoms with Gasteiger partial charge in [-0.25, -0.2) is 13.6 Å². The van der Waals surface area contributed by atoms with Crippen molar-refractivity contribution in [3.8, 4) is 0 Å². The van der Waals surface area contributed by atoms with Gasteiger partial charge in [0.1, 0.15) is 17.7 Å². The molecule has 0 fully saturated rings. The summed E-state index contributed by atoms with van der Waals surface area (Å²) in [6.07, 6.45) is 3.27. The Balaban J connectivity index is 2.65. The second-order valence-electron chi connectivity index (χ2n) is 4.82. The van der Waals surface area contributed by atoms with Crippen molar-refractivity contribution in [2.45, 2.75) is 31.7 Å². The fraction of sp³-hybridized carbons (Fsp3) is 0.375. The third-order valence-corrected chi connectivity index (χ3v) is 3.01. The molecular formula is C16H19F2NO3. The molecule has 0 heterocycles. The molecule has 1 aromatic carbocycles. The first-order chi connectivity index (χ1) is 10.5. The number of hydrogen-bond donors (Lipinski definition) is 1. The third-order valence-electron chi connectivity index (χ3n) is 3.01. The molecule has 0 saturated carbocycles. The third kappa shape index (κ3) is 6.03. The van der Waals surface area contributed by atoms with Crippen LogP contribution in [0.15, 0.2) is 30.9 Å². The first-order valence-electron chi connectivity index (χ1n) is 6.89. The number of halogens is 2. The Morgan fingerprint density at radius 2 is 1.95 bits per heavy atom. The lowest BCUT2D eigenvalue weighted by Crippen LogP contribution is -2.42. The van der Waals surface area contributed by atoms with Crippen LogP contribution in [0, 0.1) is 11.6 Å². The smallest absolute Gasteiger partial charge is 0.328 e. The molecule has 1 N–H and O–H groups in total. The van der Waals surface area contributed by atoms with Gasteiger partial charge in [0.2, 0.25) is 5.91 Å². The van der Waals surface area contributed by atoms with Gasteiger partial charge in [0.25, 0.3) is 0 Å². The van der Waals surface area contributed by atoms with Gasteiger partial charge in [-0.2, -0.15) is 0 Å². The molecule has 0 saturated heterocycles. The Morgan fingerprint density at radius 3 is 2.50 bits per heavy atom. The van der Waals surface area contributed by atoms with Gasteiger partial charge in [-0.15, -0.1) is 6.58 Å². The zero-order chi connectivity index (χ0) is 16.5. The molecule has 0 bridgehead atoms. The zero-order valence-corrected chi connectivity index (χ0v) is 12.4. The zero-order valence-electron chi connectivity index (χ0n) is 12.4. The van der Waals surface area contributed by atoms with E-state index in [0.717, 1.165) is 18.2 Å². The van der Waals surface area contributed by atoms with E-state index in [4.69, 9.17) is 0 Å². The SMILES string of the molecule is C=CCCC[C@H](NC(=O)Cc1cc(F)cc(F)c1)C(=O)OC. The van der Waals surface area contributed by atoms with Crippen LogP contribution in [0.1, 0.15) is 24.8 Å². The summed E-state index contributed by atoms with van der Waals surface area (Å²) in [6, 6.07) is 2.10. The molecule has 1 rings (SSSR count). The van der Waals surface area contributed by atoms with Crippen LogP contribution >= 0.6 is 0 Å². The fourth-order valence-corrected chi connectivity index (χ4v) is 2.00. The second-order valence-corrected chi connectivity index (χ2v) is 4.82. The van der Waals surface area contributed by atoms with Crippen LogP contribution in [0.3, 0.4) is 0 Å². The van der Waals surface area contributed by atoms with Crippen molar-refractivity contribution in [2.75, 3.05) is 7.11 Å². The first kappa shape index (κ1) is 17.8. The summed E-state index contributed by atoms with van der Waals surface area (Å²) in [6.45, 7) is 3.58. The molecule has 1 atom stereocenters. The summed E-state index contributed by atoms with van der Waals surface area (Å²) in [5.41, 5.74) is 0.199. The molecule has 0 unspecified atom stereocenters. The molecule has 1 amide bonds. The maximum absolute atomic E-state index is 13.1. The number of rotatable bonds is 8. The number of amides is 1. The van der Waals surface area contributed by atoms with Crippen molar-refractivity contribution < 1.29 is 23.1 Å². The van der Waals surface area contributed by atoms with Gasteiger partial charge in [0.15, 0.2) is 0 Å².